The van der Waals surface area contributed by atoms with Gasteiger partial charge in [-0.3, -0.25) is 44.8 Å². The molecule has 1 fully saturated rings. The Hall–Kier alpha value is -6.98. The summed E-state index contributed by atoms with van der Waals surface area (Å²) in [5.74, 6) is 0.811. The monoisotopic (exact) mass is 1500 g/mol. The Bertz CT molecular complexity index is 3280. The zero-order chi connectivity index (χ0) is 65.4. The number of nitrogens with zero attached hydrogens (tertiary/aromatic N) is 3. The van der Waals surface area contributed by atoms with E-state index in [1.807, 2.05) is 210 Å². The first-order valence-electron chi connectivity index (χ1n) is 25.6. The number of quaternary nitrogens is 1. The number of hydrogen-bond acceptors (Lipinski definition) is 4. The predicted molar refractivity (Wildman–Crippen MR) is 313 cm³/mol. The first-order valence-corrected chi connectivity index (χ1v) is 36.4. The summed E-state index contributed by atoms with van der Waals surface area (Å²) >= 11 is -9.91. The second-order valence-corrected chi connectivity index (χ2v) is 29.6. The molecule has 8 aromatic rings. The second-order valence-electron chi connectivity index (χ2n) is 18.7. The Balaban J connectivity index is 0. The molecular formula is C58H60B2F20N3O4PSbSe-. The third-order valence-corrected chi connectivity index (χ3v) is 16.7. The number of rotatable bonds is 13. The van der Waals surface area contributed by atoms with Gasteiger partial charge in [0.2, 0.25) is 36.0 Å². The summed E-state index contributed by atoms with van der Waals surface area (Å²) in [5.41, 5.74) is 5.42. The van der Waals surface area contributed by atoms with Crippen LogP contribution in [0.15, 0.2) is 225 Å². The van der Waals surface area contributed by atoms with Crippen LogP contribution in [0.5, 0.6) is 0 Å². The van der Waals surface area contributed by atoms with Gasteiger partial charge in [-0.1, -0.05) is 127 Å². The number of fused-ring (bicyclic) bond motifs is 1. The number of likely N-dealkylation sites (N-methyl/N-ethyl adjacent to an activating group) is 1. The molecule has 0 aliphatic carbocycles. The Kier molecular flexibility index (Phi) is 37.2. The van der Waals surface area contributed by atoms with Crippen LogP contribution in [0.2, 0.25) is 16.0 Å². The molecule has 0 unspecified atom stereocenters. The van der Waals surface area contributed by atoms with Crippen LogP contribution in [0.25, 0.3) is 10.9 Å². The molecule has 32 heteroatoms. The molecule has 0 bridgehead atoms. The number of carbonyl (C=O) groups excluding carboxylic acids is 4. The summed E-state index contributed by atoms with van der Waals surface area (Å²) in [4.78, 5) is 48.1. The van der Waals surface area contributed by atoms with Crippen LogP contribution in [-0.2, 0) is 13.1 Å². The summed E-state index contributed by atoms with van der Waals surface area (Å²) in [5, 5.41) is 4.83. The molecule has 494 valence electrons. The summed E-state index contributed by atoms with van der Waals surface area (Å²) in [6, 6.07) is 65.9. The van der Waals surface area contributed by atoms with Gasteiger partial charge in [-0.2, -0.15) is 9.13 Å². The molecule has 0 atom stereocenters. The van der Waals surface area contributed by atoms with Gasteiger partial charge in [0.15, 0.2) is 18.6 Å². The third kappa shape index (κ3) is 44.5. The second kappa shape index (κ2) is 39.3. The summed E-state index contributed by atoms with van der Waals surface area (Å²) in [7, 11) is -13.9. The minimum atomic E-state index is -10.7. The number of benzene rings is 6. The summed E-state index contributed by atoms with van der Waals surface area (Å²) in [6.45, 7) is 1.23. The quantitative estimate of drug-likeness (QED) is 0.0289. The van der Waals surface area contributed by atoms with Crippen molar-refractivity contribution < 1.29 is 108 Å². The number of carbonyl (C=O) groups is 4. The fraction of sp³-hybridized carbons (Fsp3) is 0.172. The van der Waals surface area contributed by atoms with Crippen molar-refractivity contribution in [3.63, 3.8) is 0 Å². The molecule has 0 spiro atoms. The molecule has 9 rings (SSSR count). The van der Waals surface area contributed by atoms with E-state index in [2.05, 4.69) is 38.4 Å². The van der Waals surface area contributed by atoms with Crippen LogP contribution in [0.1, 0.15) is 54.3 Å². The maximum absolute atomic E-state index is 12.2. The van der Waals surface area contributed by atoms with Crippen molar-refractivity contribution in [2.45, 2.75) is 41.9 Å². The Morgan fingerprint density at radius 1 is 0.444 bits per heavy atom. The first kappa shape index (κ1) is 85.1. The van der Waals surface area contributed by atoms with Crippen LogP contribution >= 0.6 is 7.81 Å². The van der Waals surface area contributed by atoms with E-state index in [4.69, 9.17) is 0 Å². The molecule has 1 aliphatic heterocycles. The van der Waals surface area contributed by atoms with Crippen LogP contribution < -0.4 is 27.7 Å². The zero-order valence-corrected chi connectivity index (χ0v) is 52.9. The molecular weight excluding hydrogens is 1440 g/mol. The van der Waals surface area contributed by atoms with E-state index in [0.29, 0.717) is 29.9 Å². The molecule has 0 N–H and O–H groups in total. The van der Waals surface area contributed by atoms with Crippen molar-refractivity contribution >= 4 is 96.8 Å². The van der Waals surface area contributed by atoms with Gasteiger partial charge in [0.25, 0.3) is 0 Å². The van der Waals surface area contributed by atoms with Gasteiger partial charge in [-0.05, 0) is 24.3 Å². The van der Waals surface area contributed by atoms with Gasteiger partial charge in [-0.25, -0.2) is 0 Å². The van der Waals surface area contributed by atoms with Crippen LogP contribution in [0.3, 0.4) is 0 Å². The van der Waals surface area contributed by atoms with Gasteiger partial charge in [0.1, 0.15) is 12.2 Å². The van der Waals surface area contributed by atoms with Gasteiger partial charge < -0.3 is 14.1 Å². The molecule has 1 aliphatic rings. The van der Waals surface area contributed by atoms with Gasteiger partial charge in [-0.15, -0.1) is 0 Å². The van der Waals surface area contributed by atoms with E-state index in [1.165, 1.54) is 23.5 Å². The molecule has 2 aromatic heterocycles. The van der Waals surface area contributed by atoms with Crippen molar-refractivity contribution in [2.75, 3.05) is 20.6 Å². The summed E-state index contributed by atoms with van der Waals surface area (Å²) < 4.78 is 171. The van der Waals surface area contributed by atoms with Gasteiger partial charge >= 0.3 is 172 Å². The molecule has 1 saturated heterocycles. The van der Waals surface area contributed by atoms with Gasteiger partial charge in [0.05, 0.1) is 14.1 Å². The van der Waals surface area contributed by atoms with E-state index in [0.717, 1.165) is 44.2 Å². The molecule has 0 saturated carbocycles. The van der Waals surface area contributed by atoms with Crippen LogP contribution in [0, 0.1) is 0 Å². The first-order chi connectivity index (χ1) is 40.3. The Morgan fingerprint density at radius 3 is 1.13 bits per heavy atom. The number of pyridine rings is 2. The molecule has 3 heterocycles. The van der Waals surface area contributed by atoms with Crippen molar-refractivity contribution in [1.29, 1.82) is 0 Å². The molecule has 90 heavy (non-hydrogen) atoms. The molecule has 7 nitrogen and oxygen atoms in total. The number of para-hydroxylation sites is 2. The normalized spacial score (nSPS) is 12.7. The third-order valence-electron chi connectivity index (χ3n) is 11.1. The standard InChI is InChI=1S/C17H14NO.C16H18NO.C13H12NO.C12H16OSe.2BF3.F6P.8FH.Sb/c19-17(15-8-2-1-3-9-15)13-18-12-6-10-14-7-4-5-11-16(14)18;1-17(2,15-11-7-4-8-12-15)13-16(18)14-9-5-3-6-10-14;15-13(12-7-3-1-4-8-12)11-14-9-5-2-6-10-14;13-12(10-14-8-4-5-9-14)11-6-2-1-3-7-11;2*2-1(3)4;1-7(2,3,4,5)6;;;;;;;;;/h1-12H,13H2;3-12H,13H2,1-2H3;1-10H,11H2;1-3,6-7,14H,4-5,8-10H2;;;;8*1H;/q3*+1;;;;-1;;;;;;;;;+5/p-8. The molecule has 0 amide bonds. The zero-order valence-electron chi connectivity index (χ0n) is 47.5. The van der Waals surface area contributed by atoms with Crippen LogP contribution in [0.4, 0.5) is 70.8 Å². The average molecular weight is 1500 g/mol. The Morgan fingerprint density at radius 2 is 0.744 bits per heavy atom. The number of Topliss-reactive ketones (excluding diaryl/α,β-unsaturated/α-hetero) is 4. The van der Waals surface area contributed by atoms with Crippen molar-refractivity contribution in [3.8, 4) is 0 Å². The molecule has 6 aromatic carbocycles. The minimum absolute atomic E-state index is 0. The topological polar surface area (TPSA) is 76.0 Å². The fourth-order valence-electron chi connectivity index (χ4n) is 7.51. The van der Waals surface area contributed by atoms with Crippen molar-refractivity contribution in [1.82, 2.24) is 4.48 Å². The Labute approximate surface area is 515 Å². The number of ketones is 4. The van der Waals surface area contributed by atoms with E-state index in [9.17, 15) is 84.3 Å². The van der Waals surface area contributed by atoms with Crippen molar-refractivity contribution in [3.05, 3.63) is 247 Å². The van der Waals surface area contributed by atoms with Gasteiger partial charge in [0, 0.05) is 46.3 Å². The number of hydrogen-bond donors (Lipinski definition) is 0. The SMILES string of the molecule is C[N+](C)(CC(=O)c1ccccc1)c1ccccc1.FB(F)F.FB(F)F.F[P-](F)(F)(F)(F)F.O=C(C[SeH]1CCCC1)c1ccccc1.O=C(C[n+]1cccc2ccccc21)c1ccccc1.O=C(C[n+]1ccccc1)c1ccccc1.[F-].[F-].[F-].[F][Sb]([F])([F])([F])[F]. The number of halogens is 20. The number of aromatic nitrogens is 2. The maximum atomic E-state index is 12.2. The molecule has 0 radical (unpaired) electrons. The van der Waals surface area contributed by atoms with E-state index in [1.54, 1.807) is 0 Å². The fourth-order valence-corrected chi connectivity index (χ4v) is 12.7. The van der Waals surface area contributed by atoms with E-state index >= 15 is 0 Å². The average Bonchev–Trinajstić information content (AvgIpc) is 0.999. The van der Waals surface area contributed by atoms with E-state index in [-0.39, 0.29) is 31.5 Å². The van der Waals surface area contributed by atoms with E-state index < -0.39 is 57.1 Å². The van der Waals surface area contributed by atoms with Crippen LogP contribution in [-0.4, -0.2) is 93.1 Å². The van der Waals surface area contributed by atoms with Crippen molar-refractivity contribution in [2.24, 2.45) is 0 Å². The summed E-state index contributed by atoms with van der Waals surface area (Å²) in [6.07, 6.45) is 8.48. The predicted octanol–water partition coefficient (Wildman–Crippen LogP) is 8.77.